The van der Waals surface area contributed by atoms with Crippen molar-refractivity contribution >= 4 is 11.8 Å². The standard InChI is InChI=1S/C13H21NO3S/c1-15-11-8-10(4-5-14)9-12(16-2)13(11)17-6-7-18-3/h8-9H,4-7,14H2,1-3H3. The molecule has 0 aliphatic rings. The molecule has 0 aliphatic heterocycles. The Hall–Kier alpha value is -1.07. The molecule has 0 saturated heterocycles. The van der Waals surface area contributed by atoms with Crippen LogP contribution < -0.4 is 19.9 Å². The van der Waals surface area contributed by atoms with E-state index in [0.717, 1.165) is 17.7 Å². The van der Waals surface area contributed by atoms with Crippen LogP contribution in [0.5, 0.6) is 17.2 Å². The molecule has 2 N–H and O–H groups in total. The third-order valence-electron chi connectivity index (χ3n) is 2.49. The zero-order chi connectivity index (χ0) is 13.4. The predicted molar refractivity (Wildman–Crippen MR) is 76.2 cm³/mol. The van der Waals surface area contributed by atoms with Crippen LogP contribution >= 0.6 is 11.8 Å². The summed E-state index contributed by atoms with van der Waals surface area (Å²) in [7, 11) is 3.25. The van der Waals surface area contributed by atoms with Crippen molar-refractivity contribution in [3.63, 3.8) is 0 Å². The van der Waals surface area contributed by atoms with Crippen LogP contribution in [0.15, 0.2) is 12.1 Å². The molecule has 5 heteroatoms. The number of thioether (sulfide) groups is 1. The zero-order valence-electron chi connectivity index (χ0n) is 11.2. The summed E-state index contributed by atoms with van der Waals surface area (Å²) in [6.45, 7) is 1.23. The Morgan fingerprint density at radius 2 is 1.78 bits per heavy atom. The van der Waals surface area contributed by atoms with Gasteiger partial charge in [-0.2, -0.15) is 11.8 Å². The van der Waals surface area contributed by atoms with E-state index in [1.807, 2.05) is 18.4 Å². The van der Waals surface area contributed by atoms with Gasteiger partial charge in [-0.05, 0) is 36.9 Å². The van der Waals surface area contributed by atoms with Crippen molar-refractivity contribution in [1.82, 2.24) is 0 Å². The van der Waals surface area contributed by atoms with Crippen LogP contribution in [0.4, 0.5) is 0 Å². The molecule has 0 spiro atoms. The van der Waals surface area contributed by atoms with E-state index in [-0.39, 0.29) is 0 Å². The molecule has 0 atom stereocenters. The van der Waals surface area contributed by atoms with E-state index in [9.17, 15) is 0 Å². The molecule has 4 nitrogen and oxygen atoms in total. The fourth-order valence-electron chi connectivity index (χ4n) is 1.61. The van der Waals surface area contributed by atoms with Gasteiger partial charge in [-0.15, -0.1) is 0 Å². The molecule has 0 aliphatic carbocycles. The topological polar surface area (TPSA) is 53.7 Å². The average Bonchev–Trinajstić information content (AvgIpc) is 2.40. The van der Waals surface area contributed by atoms with E-state index in [4.69, 9.17) is 19.9 Å². The average molecular weight is 271 g/mol. The largest absolute Gasteiger partial charge is 0.493 e. The van der Waals surface area contributed by atoms with Gasteiger partial charge in [-0.1, -0.05) is 0 Å². The molecule has 0 aromatic heterocycles. The highest BCUT2D eigenvalue weighted by atomic mass is 32.2. The lowest BCUT2D eigenvalue weighted by molar-refractivity contribution is 0.290. The molecule has 1 aromatic carbocycles. The second kappa shape index (κ2) is 8.11. The molecule has 0 heterocycles. The van der Waals surface area contributed by atoms with E-state index in [0.29, 0.717) is 30.4 Å². The second-order valence-electron chi connectivity index (χ2n) is 3.71. The SMILES string of the molecule is COc1cc(CCN)cc(OC)c1OCCSC. The molecule has 102 valence electrons. The van der Waals surface area contributed by atoms with E-state index >= 15 is 0 Å². The number of benzene rings is 1. The van der Waals surface area contributed by atoms with Crippen LogP contribution in [0.25, 0.3) is 0 Å². The first-order chi connectivity index (χ1) is 8.76. The predicted octanol–water partition coefficient (Wildman–Crippen LogP) is 1.95. The van der Waals surface area contributed by atoms with Gasteiger partial charge in [-0.25, -0.2) is 0 Å². The molecular weight excluding hydrogens is 250 g/mol. The number of hydrogen-bond acceptors (Lipinski definition) is 5. The van der Waals surface area contributed by atoms with Crippen molar-refractivity contribution in [2.75, 3.05) is 39.4 Å². The van der Waals surface area contributed by atoms with E-state index in [1.54, 1.807) is 26.0 Å². The highest BCUT2D eigenvalue weighted by Crippen LogP contribution is 2.38. The number of hydrogen-bond donors (Lipinski definition) is 1. The second-order valence-corrected chi connectivity index (χ2v) is 4.69. The van der Waals surface area contributed by atoms with Gasteiger partial charge in [0.1, 0.15) is 0 Å². The zero-order valence-corrected chi connectivity index (χ0v) is 12.0. The number of methoxy groups -OCH3 is 2. The normalized spacial score (nSPS) is 10.2. The third-order valence-corrected chi connectivity index (χ3v) is 3.06. The minimum Gasteiger partial charge on any atom is -0.493 e. The maximum absolute atomic E-state index is 5.72. The van der Waals surface area contributed by atoms with Crippen molar-refractivity contribution in [1.29, 1.82) is 0 Å². The smallest absolute Gasteiger partial charge is 0.203 e. The van der Waals surface area contributed by atoms with Crippen molar-refractivity contribution in [2.24, 2.45) is 5.73 Å². The maximum Gasteiger partial charge on any atom is 0.203 e. The summed E-state index contributed by atoms with van der Waals surface area (Å²) >= 11 is 1.74. The summed E-state index contributed by atoms with van der Waals surface area (Å²) in [5, 5.41) is 0. The Morgan fingerprint density at radius 3 is 2.22 bits per heavy atom. The van der Waals surface area contributed by atoms with Gasteiger partial charge in [0.15, 0.2) is 11.5 Å². The van der Waals surface area contributed by atoms with Crippen molar-refractivity contribution in [3.05, 3.63) is 17.7 Å². The molecule has 0 amide bonds. The van der Waals surface area contributed by atoms with E-state index in [1.165, 1.54) is 0 Å². The van der Waals surface area contributed by atoms with Gasteiger partial charge in [0.05, 0.1) is 20.8 Å². The molecule has 0 unspecified atom stereocenters. The molecule has 0 bridgehead atoms. The first-order valence-electron chi connectivity index (χ1n) is 5.83. The Kier molecular flexibility index (Phi) is 6.75. The summed E-state index contributed by atoms with van der Waals surface area (Å²) in [6.07, 6.45) is 2.83. The van der Waals surface area contributed by atoms with Gasteiger partial charge >= 0.3 is 0 Å². The maximum atomic E-state index is 5.72. The highest BCUT2D eigenvalue weighted by Gasteiger charge is 2.13. The van der Waals surface area contributed by atoms with Crippen LogP contribution in [-0.4, -0.2) is 39.4 Å². The van der Waals surface area contributed by atoms with Crippen LogP contribution in [-0.2, 0) is 6.42 Å². The fraction of sp³-hybridized carbons (Fsp3) is 0.538. The summed E-state index contributed by atoms with van der Waals surface area (Å²) < 4.78 is 16.4. The number of nitrogens with two attached hydrogens (primary N) is 1. The minimum absolute atomic E-state index is 0.596. The van der Waals surface area contributed by atoms with Crippen molar-refractivity contribution in [2.45, 2.75) is 6.42 Å². The molecule has 1 rings (SSSR count). The summed E-state index contributed by atoms with van der Waals surface area (Å²) in [5.74, 6) is 2.98. The Balaban J connectivity index is 2.97. The number of rotatable bonds is 8. The molecule has 0 radical (unpaired) electrons. The first-order valence-corrected chi connectivity index (χ1v) is 7.22. The highest BCUT2D eigenvalue weighted by molar-refractivity contribution is 7.98. The van der Waals surface area contributed by atoms with E-state index in [2.05, 4.69) is 0 Å². The van der Waals surface area contributed by atoms with Gasteiger partial charge < -0.3 is 19.9 Å². The number of ether oxygens (including phenoxy) is 3. The molecule has 0 saturated carbocycles. The lowest BCUT2D eigenvalue weighted by Crippen LogP contribution is -2.06. The van der Waals surface area contributed by atoms with Gasteiger partial charge in [0, 0.05) is 5.75 Å². The minimum atomic E-state index is 0.596. The first kappa shape index (κ1) is 15.0. The lowest BCUT2D eigenvalue weighted by atomic mass is 10.1. The molecule has 1 aromatic rings. The van der Waals surface area contributed by atoms with Crippen LogP contribution in [0.1, 0.15) is 5.56 Å². The van der Waals surface area contributed by atoms with Crippen LogP contribution in [0, 0.1) is 0 Å². The molecular formula is C13H21NO3S. The summed E-state index contributed by atoms with van der Waals surface area (Å²) in [5.41, 5.74) is 6.65. The molecule has 18 heavy (non-hydrogen) atoms. The quantitative estimate of drug-likeness (QED) is 0.732. The third kappa shape index (κ3) is 3.99. The Morgan fingerprint density at radius 1 is 1.17 bits per heavy atom. The summed E-state index contributed by atoms with van der Waals surface area (Å²) in [4.78, 5) is 0. The van der Waals surface area contributed by atoms with E-state index < -0.39 is 0 Å². The van der Waals surface area contributed by atoms with Gasteiger partial charge in [0.2, 0.25) is 5.75 Å². The van der Waals surface area contributed by atoms with Gasteiger partial charge in [-0.3, -0.25) is 0 Å². The van der Waals surface area contributed by atoms with Crippen LogP contribution in [0.2, 0.25) is 0 Å². The van der Waals surface area contributed by atoms with Gasteiger partial charge in [0.25, 0.3) is 0 Å². The Bertz CT molecular complexity index is 346. The Labute approximate surface area is 113 Å². The summed E-state index contributed by atoms with van der Waals surface area (Å²) in [6, 6.07) is 3.90. The molecule has 0 fully saturated rings. The monoisotopic (exact) mass is 271 g/mol. The van der Waals surface area contributed by atoms with Crippen LogP contribution in [0.3, 0.4) is 0 Å². The lowest BCUT2D eigenvalue weighted by Gasteiger charge is -2.15. The fourth-order valence-corrected chi connectivity index (χ4v) is 1.86. The van der Waals surface area contributed by atoms with Crippen molar-refractivity contribution < 1.29 is 14.2 Å². The van der Waals surface area contributed by atoms with Crippen molar-refractivity contribution in [3.8, 4) is 17.2 Å².